The fourth-order valence-electron chi connectivity index (χ4n) is 2.45. The minimum atomic E-state index is -0.398. The fourth-order valence-corrected chi connectivity index (χ4v) is 2.45. The summed E-state index contributed by atoms with van der Waals surface area (Å²) >= 11 is 0. The maximum Gasteiger partial charge on any atom is 0.270 e. The number of amides is 1. The topological polar surface area (TPSA) is 89.5 Å². The van der Waals surface area contributed by atoms with E-state index in [-0.39, 0.29) is 17.2 Å². The number of carbonyl (C=O) groups is 1. The molecule has 110 valence electrons. The van der Waals surface area contributed by atoms with Gasteiger partial charge in [-0.25, -0.2) is 4.98 Å². The second-order valence-electron chi connectivity index (χ2n) is 5.56. The molecule has 2 aromatic heterocycles. The van der Waals surface area contributed by atoms with Gasteiger partial charge in [0.25, 0.3) is 11.5 Å². The molecule has 1 saturated carbocycles. The summed E-state index contributed by atoms with van der Waals surface area (Å²) < 4.78 is 1.39. The summed E-state index contributed by atoms with van der Waals surface area (Å²) in [6.07, 6.45) is 5.14. The lowest BCUT2D eigenvalue weighted by Gasteiger charge is -2.15. The van der Waals surface area contributed by atoms with Gasteiger partial charge in [0.1, 0.15) is 11.2 Å². The third-order valence-electron chi connectivity index (χ3n) is 3.87. The van der Waals surface area contributed by atoms with Gasteiger partial charge < -0.3 is 11.1 Å². The molecule has 1 atom stereocenters. The zero-order valence-corrected chi connectivity index (χ0v) is 11.9. The molecule has 21 heavy (non-hydrogen) atoms. The number of fused-ring (bicyclic) bond motifs is 1. The van der Waals surface area contributed by atoms with Crippen LogP contribution >= 0.6 is 0 Å². The Hall–Kier alpha value is -2.21. The Morgan fingerprint density at radius 2 is 2.33 bits per heavy atom. The van der Waals surface area contributed by atoms with E-state index in [0.29, 0.717) is 18.1 Å². The molecule has 3 rings (SSSR count). The van der Waals surface area contributed by atoms with Gasteiger partial charge in [-0.2, -0.15) is 0 Å². The number of rotatable bonds is 4. The van der Waals surface area contributed by atoms with Crippen molar-refractivity contribution in [1.82, 2.24) is 14.7 Å². The van der Waals surface area contributed by atoms with Crippen LogP contribution in [0.2, 0.25) is 0 Å². The van der Waals surface area contributed by atoms with Crippen LogP contribution in [0.4, 0.5) is 0 Å². The van der Waals surface area contributed by atoms with Crippen molar-refractivity contribution in [2.45, 2.75) is 25.8 Å². The van der Waals surface area contributed by atoms with Crippen LogP contribution in [0.1, 0.15) is 28.8 Å². The molecule has 0 aliphatic heterocycles. The molecular formula is C15H18N4O2. The van der Waals surface area contributed by atoms with E-state index in [1.807, 2.05) is 13.0 Å². The summed E-state index contributed by atoms with van der Waals surface area (Å²) in [7, 11) is 0. The SMILES string of the molecule is Cc1ccn2c(=O)c(C(=O)NC(CN)C3CC3)cnc2c1. The second-order valence-corrected chi connectivity index (χ2v) is 5.56. The Morgan fingerprint density at radius 1 is 1.57 bits per heavy atom. The molecule has 0 saturated heterocycles. The van der Waals surface area contributed by atoms with Crippen LogP contribution < -0.4 is 16.6 Å². The number of nitrogens with zero attached hydrogens (tertiary/aromatic N) is 2. The van der Waals surface area contributed by atoms with Crippen molar-refractivity contribution >= 4 is 11.6 Å². The predicted octanol–water partition coefficient (Wildman–Crippen LogP) is 0.470. The van der Waals surface area contributed by atoms with Crippen molar-refractivity contribution in [3.8, 4) is 0 Å². The fraction of sp³-hybridized carbons (Fsp3) is 0.400. The quantitative estimate of drug-likeness (QED) is 0.855. The number of hydrogen-bond acceptors (Lipinski definition) is 4. The van der Waals surface area contributed by atoms with E-state index >= 15 is 0 Å². The van der Waals surface area contributed by atoms with Crippen LogP contribution in [0.3, 0.4) is 0 Å². The minimum Gasteiger partial charge on any atom is -0.348 e. The lowest BCUT2D eigenvalue weighted by molar-refractivity contribution is 0.0931. The smallest absolute Gasteiger partial charge is 0.270 e. The molecule has 6 heteroatoms. The van der Waals surface area contributed by atoms with Crippen molar-refractivity contribution in [3.05, 3.63) is 46.0 Å². The average molecular weight is 286 g/mol. The standard InChI is InChI=1S/C15H18N4O2/c1-9-4-5-19-13(6-9)17-8-11(15(19)21)14(20)18-12(7-16)10-2-3-10/h4-6,8,10,12H,2-3,7,16H2,1H3,(H,18,20). The molecule has 1 amide bonds. The summed E-state index contributed by atoms with van der Waals surface area (Å²) in [4.78, 5) is 28.8. The first kappa shape index (κ1) is 13.8. The molecule has 2 aromatic rings. The summed E-state index contributed by atoms with van der Waals surface area (Å²) in [5.41, 5.74) is 6.91. The summed E-state index contributed by atoms with van der Waals surface area (Å²) in [6.45, 7) is 2.31. The van der Waals surface area contributed by atoms with Gasteiger partial charge in [0, 0.05) is 25.0 Å². The number of pyridine rings is 1. The number of aromatic nitrogens is 2. The third kappa shape index (κ3) is 2.67. The van der Waals surface area contributed by atoms with Crippen molar-refractivity contribution in [1.29, 1.82) is 0 Å². The summed E-state index contributed by atoms with van der Waals surface area (Å²) in [5.74, 6) is 0.0441. The van der Waals surface area contributed by atoms with Crippen molar-refractivity contribution < 1.29 is 4.79 Å². The highest BCUT2D eigenvalue weighted by Crippen LogP contribution is 2.32. The highest BCUT2D eigenvalue weighted by Gasteiger charge is 2.31. The molecule has 3 N–H and O–H groups in total. The van der Waals surface area contributed by atoms with Crippen LogP contribution in [0.15, 0.2) is 29.3 Å². The molecule has 6 nitrogen and oxygen atoms in total. The Bertz CT molecular complexity index is 749. The maximum atomic E-state index is 12.4. The zero-order valence-electron chi connectivity index (χ0n) is 11.9. The number of aryl methyl sites for hydroxylation is 1. The van der Waals surface area contributed by atoms with Crippen LogP contribution in [0, 0.1) is 12.8 Å². The van der Waals surface area contributed by atoms with E-state index in [2.05, 4.69) is 10.3 Å². The lowest BCUT2D eigenvalue weighted by Crippen LogP contribution is -2.43. The molecule has 0 spiro atoms. The van der Waals surface area contributed by atoms with E-state index in [1.165, 1.54) is 10.6 Å². The molecular weight excluding hydrogens is 268 g/mol. The summed E-state index contributed by atoms with van der Waals surface area (Å²) in [5, 5.41) is 2.84. The largest absolute Gasteiger partial charge is 0.348 e. The predicted molar refractivity (Wildman–Crippen MR) is 79.2 cm³/mol. The van der Waals surface area contributed by atoms with Gasteiger partial charge in [-0.3, -0.25) is 14.0 Å². The van der Waals surface area contributed by atoms with E-state index in [9.17, 15) is 9.59 Å². The molecule has 1 aliphatic carbocycles. The van der Waals surface area contributed by atoms with Gasteiger partial charge in [-0.15, -0.1) is 0 Å². The minimum absolute atomic E-state index is 0.0513. The lowest BCUT2D eigenvalue weighted by atomic mass is 10.1. The second kappa shape index (κ2) is 5.29. The van der Waals surface area contributed by atoms with Crippen LogP contribution in [-0.4, -0.2) is 27.9 Å². The number of nitrogens with one attached hydrogen (secondary N) is 1. The summed E-state index contributed by atoms with van der Waals surface area (Å²) in [6, 6.07) is 3.55. The van der Waals surface area contributed by atoms with Gasteiger partial charge in [0.05, 0.1) is 0 Å². The first-order valence-electron chi connectivity index (χ1n) is 7.09. The molecule has 0 aromatic carbocycles. The highest BCUT2D eigenvalue weighted by molar-refractivity contribution is 5.94. The van der Waals surface area contributed by atoms with Crippen molar-refractivity contribution in [2.24, 2.45) is 11.7 Å². The third-order valence-corrected chi connectivity index (χ3v) is 3.87. The number of carbonyl (C=O) groups excluding carboxylic acids is 1. The van der Waals surface area contributed by atoms with E-state index < -0.39 is 5.91 Å². The van der Waals surface area contributed by atoms with Gasteiger partial charge in [0.15, 0.2) is 0 Å². The Labute approximate surface area is 122 Å². The van der Waals surface area contributed by atoms with Crippen LogP contribution in [0.5, 0.6) is 0 Å². The van der Waals surface area contributed by atoms with Crippen molar-refractivity contribution in [3.63, 3.8) is 0 Å². The normalized spacial score (nSPS) is 15.9. The van der Waals surface area contributed by atoms with Gasteiger partial charge in [-0.1, -0.05) is 0 Å². The molecule has 1 aliphatic rings. The van der Waals surface area contributed by atoms with E-state index in [4.69, 9.17) is 5.73 Å². The Morgan fingerprint density at radius 3 is 3.00 bits per heavy atom. The Balaban J connectivity index is 1.93. The molecule has 2 heterocycles. The Kier molecular flexibility index (Phi) is 3.47. The van der Waals surface area contributed by atoms with Crippen molar-refractivity contribution in [2.75, 3.05) is 6.54 Å². The van der Waals surface area contributed by atoms with Gasteiger partial charge >= 0.3 is 0 Å². The van der Waals surface area contributed by atoms with Gasteiger partial charge in [-0.05, 0) is 43.4 Å². The molecule has 0 radical (unpaired) electrons. The monoisotopic (exact) mass is 286 g/mol. The van der Waals surface area contributed by atoms with Crippen LogP contribution in [0.25, 0.3) is 5.65 Å². The van der Waals surface area contributed by atoms with E-state index in [0.717, 1.165) is 18.4 Å². The highest BCUT2D eigenvalue weighted by atomic mass is 16.2. The van der Waals surface area contributed by atoms with Crippen LogP contribution in [-0.2, 0) is 0 Å². The number of hydrogen-bond donors (Lipinski definition) is 2. The molecule has 1 fully saturated rings. The average Bonchev–Trinajstić information content (AvgIpc) is 3.29. The van der Waals surface area contributed by atoms with Gasteiger partial charge in [0.2, 0.25) is 0 Å². The number of nitrogens with two attached hydrogens (primary N) is 1. The van der Waals surface area contributed by atoms with E-state index in [1.54, 1.807) is 12.3 Å². The molecule has 1 unspecified atom stereocenters. The molecule has 0 bridgehead atoms. The maximum absolute atomic E-state index is 12.4. The zero-order chi connectivity index (χ0) is 15.0. The first-order chi connectivity index (χ1) is 10.1. The first-order valence-corrected chi connectivity index (χ1v) is 7.09.